The van der Waals surface area contributed by atoms with Crippen LogP contribution in [0.2, 0.25) is 0 Å². The zero-order chi connectivity index (χ0) is 14.4. The quantitative estimate of drug-likeness (QED) is 0.842. The lowest BCUT2D eigenvalue weighted by Gasteiger charge is -2.16. The fraction of sp³-hybridized carbons (Fsp3) is 0.500. The molecule has 1 unspecified atom stereocenters. The lowest BCUT2D eigenvalue weighted by atomic mass is 10.1. The Hall–Kier alpha value is -0.980. The molecule has 0 saturated heterocycles. The maximum absolute atomic E-state index is 4.58. The maximum Gasteiger partial charge on any atom is 0.174 e. The monoisotopic (exact) mass is 308 g/mol. The van der Waals surface area contributed by atoms with Crippen LogP contribution in [0.5, 0.6) is 0 Å². The first-order chi connectivity index (χ1) is 9.72. The number of aryl methyl sites for hydroxylation is 1. The Kier molecular flexibility index (Phi) is 5.94. The molecule has 0 amide bonds. The van der Waals surface area contributed by atoms with E-state index in [0.717, 1.165) is 40.1 Å². The third-order valence-corrected chi connectivity index (χ3v) is 4.70. The summed E-state index contributed by atoms with van der Waals surface area (Å²) in [4.78, 5) is 10.0. The summed E-state index contributed by atoms with van der Waals surface area (Å²) in [5.74, 6) is 0.830. The number of aromatic nitrogens is 3. The molecule has 0 saturated carbocycles. The molecule has 0 aromatic carbocycles. The van der Waals surface area contributed by atoms with Crippen LogP contribution in [0.25, 0.3) is 0 Å². The Morgan fingerprint density at radius 2 is 2.20 bits per heavy atom. The fourth-order valence-corrected chi connectivity index (χ4v) is 3.45. The van der Waals surface area contributed by atoms with E-state index in [1.165, 1.54) is 11.5 Å². The molecule has 6 heteroatoms. The summed E-state index contributed by atoms with van der Waals surface area (Å²) in [7, 11) is 0. The number of nitrogens with zero attached hydrogens (tertiary/aromatic N) is 3. The fourth-order valence-electron chi connectivity index (χ4n) is 1.86. The molecule has 108 valence electrons. The van der Waals surface area contributed by atoms with E-state index in [1.807, 2.05) is 13.1 Å². The van der Waals surface area contributed by atoms with Crippen molar-refractivity contribution in [3.8, 4) is 0 Å². The number of pyridine rings is 1. The van der Waals surface area contributed by atoms with Crippen LogP contribution in [0.4, 0.5) is 0 Å². The van der Waals surface area contributed by atoms with Crippen molar-refractivity contribution in [2.75, 3.05) is 6.54 Å². The predicted octanol–water partition coefficient (Wildman–Crippen LogP) is 3.84. The average Bonchev–Trinajstić information content (AvgIpc) is 2.86. The molecule has 2 rings (SSSR count). The van der Waals surface area contributed by atoms with Crippen molar-refractivity contribution in [3.63, 3.8) is 0 Å². The van der Waals surface area contributed by atoms with Crippen molar-refractivity contribution in [1.82, 2.24) is 19.7 Å². The molecule has 1 atom stereocenters. The first-order valence-electron chi connectivity index (χ1n) is 6.90. The normalized spacial score (nSPS) is 12.6. The van der Waals surface area contributed by atoms with E-state index in [2.05, 4.69) is 45.6 Å². The molecule has 2 aromatic heterocycles. The van der Waals surface area contributed by atoms with Crippen LogP contribution >= 0.6 is 23.3 Å². The van der Waals surface area contributed by atoms with Crippen molar-refractivity contribution < 1.29 is 0 Å². The average molecular weight is 308 g/mol. The van der Waals surface area contributed by atoms with Crippen molar-refractivity contribution in [3.05, 3.63) is 29.8 Å². The summed E-state index contributed by atoms with van der Waals surface area (Å²) < 4.78 is 5.15. The largest absolute Gasteiger partial charge is 0.309 e. The molecule has 20 heavy (non-hydrogen) atoms. The summed E-state index contributed by atoms with van der Waals surface area (Å²) in [6.45, 7) is 7.30. The molecule has 0 radical (unpaired) electrons. The Labute approximate surface area is 128 Å². The van der Waals surface area contributed by atoms with E-state index in [0.29, 0.717) is 6.04 Å². The molecule has 0 spiro atoms. The molecule has 2 heterocycles. The van der Waals surface area contributed by atoms with Crippen molar-refractivity contribution in [2.45, 2.75) is 48.9 Å². The Morgan fingerprint density at radius 1 is 1.35 bits per heavy atom. The number of hydrogen-bond acceptors (Lipinski definition) is 6. The number of hydrogen-bond donors (Lipinski definition) is 1. The topological polar surface area (TPSA) is 50.7 Å². The van der Waals surface area contributed by atoms with Gasteiger partial charge in [0.15, 0.2) is 4.34 Å². The van der Waals surface area contributed by atoms with Gasteiger partial charge in [-0.25, -0.2) is 4.98 Å². The zero-order valence-electron chi connectivity index (χ0n) is 12.1. The van der Waals surface area contributed by atoms with Gasteiger partial charge in [-0.15, -0.1) is 0 Å². The Bertz CT molecular complexity index is 524. The third-order valence-electron chi connectivity index (χ3n) is 2.88. The van der Waals surface area contributed by atoms with Crippen LogP contribution in [-0.4, -0.2) is 20.9 Å². The molecular formula is C14H20N4S2. The van der Waals surface area contributed by atoms with Gasteiger partial charge in [0.1, 0.15) is 5.82 Å². The van der Waals surface area contributed by atoms with E-state index in [1.54, 1.807) is 11.8 Å². The lowest BCUT2D eigenvalue weighted by Crippen LogP contribution is -2.22. The summed E-state index contributed by atoms with van der Waals surface area (Å²) in [5, 5.41) is 3.52. The van der Waals surface area contributed by atoms with Crippen molar-refractivity contribution in [1.29, 1.82) is 0 Å². The van der Waals surface area contributed by atoms with Gasteiger partial charge in [0.25, 0.3) is 0 Å². The second-order valence-corrected chi connectivity index (χ2v) is 6.62. The predicted molar refractivity (Wildman–Crippen MR) is 84.3 cm³/mol. The van der Waals surface area contributed by atoms with Gasteiger partial charge < -0.3 is 5.32 Å². The summed E-state index contributed by atoms with van der Waals surface area (Å²) in [6.07, 6.45) is 4.11. The standard InChI is InChI=1S/C14H20N4S2/c1-4-8-15-12(5-2)13-7-6-11(9-16-13)19-14-17-10(3)18-20-14/h6-7,9,12,15H,4-5,8H2,1-3H3. The van der Waals surface area contributed by atoms with Crippen LogP contribution in [0.3, 0.4) is 0 Å². The van der Waals surface area contributed by atoms with Gasteiger partial charge in [-0.3, -0.25) is 4.98 Å². The molecule has 0 aliphatic rings. The van der Waals surface area contributed by atoms with Gasteiger partial charge in [-0.1, -0.05) is 25.6 Å². The van der Waals surface area contributed by atoms with Crippen molar-refractivity contribution >= 4 is 23.3 Å². The van der Waals surface area contributed by atoms with Crippen LogP contribution in [-0.2, 0) is 0 Å². The van der Waals surface area contributed by atoms with Gasteiger partial charge in [-0.05, 0) is 50.0 Å². The third kappa shape index (κ3) is 4.26. The lowest BCUT2D eigenvalue weighted by molar-refractivity contribution is 0.507. The van der Waals surface area contributed by atoms with Crippen LogP contribution in [0.1, 0.15) is 44.2 Å². The van der Waals surface area contributed by atoms with Crippen LogP contribution in [0, 0.1) is 6.92 Å². The van der Waals surface area contributed by atoms with E-state index in [9.17, 15) is 0 Å². The highest BCUT2D eigenvalue weighted by Crippen LogP contribution is 2.29. The SMILES string of the molecule is CCCNC(CC)c1ccc(Sc2nc(C)ns2)cn1. The molecule has 2 aromatic rings. The highest BCUT2D eigenvalue weighted by atomic mass is 32.2. The van der Waals surface area contributed by atoms with Gasteiger partial charge >= 0.3 is 0 Å². The van der Waals surface area contributed by atoms with Crippen LogP contribution in [0.15, 0.2) is 27.6 Å². The summed E-state index contributed by atoms with van der Waals surface area (Å²) >= 11 is 3.05. The van der Waals surface area contributed by atoms with Gasteiger partial charge in [0.2, 0.25) is 0 Å². The smallest absolute Gasteiger partial charge is 0.174 e. The molecule has 0 bridgehead atoms. The van der Waals surface area contributed by atoms with Gasteiger partial charge in [-0.2, -0.15) is 4.37 Å². The second-order valence-electron chi connectivity index (χ2n) is 4.54. The van der Waals surface area contributed by atoms with E-state index < -0.39 is 0 Å². The number of rotatable bonds is 7. The Balaban J connectivity index is 2.01. The minimum absolute atomic E-state index is 0.345. The van der Waals surface area contributed by atoms with E-state index in [4.69, 9.17) is 0 Å². The molecule has 4 nitrogen and oxygen atoms in total. The Morgan fingerprint density at radius 3 is 2.75 bits per heavy atom. The minimum Gasteiger partial charge on any atom is -0.309 e. The van der Waals surface area contributed by atoms with E-state index >= 15 is 0 Å². The summed E-state index contributed by atoms with van der Waals surface area (Å²) in [5.41, 5.74) is 1.11. The van der Waals surface area contributed by atoms with Crippen LogP contribution < -0.4 is 5.32 Å². The van der Waals surface area contributed by atoms with Crippen molar-refractivity contribution in [2.24, 2.45) is 0 Å². The van der Waals surface area contributed by atoms with E-state index in [-0.39, 0.29) is 0 Å². The minimum atomic E-state index is 0.345. The molecule has 1 N–H and O–H groups in total. The first-order valence-corrected chi connectivity index (χ1v) is 8.49. The van der Waals surface area contributed by atoms with Gasteiger partial charge in [0, 0.05) is 17.1 Å². The molecule has 0 aliphatic heterocycles. The second kappa shape index (κ2) is 7.71. The number of nitrogens with one attached hydrogen (secondary N) is 1. The highest BCUT2D eigenvalue weighted by Gasteiger charge is 2.10. The zero-order valence-corrected chi connectivity index (χ0v) is 13.7. The molecular weight excluding hydrogens is 288 g/mol. The molecule has 0 fully saturated rings. The summed E-state index contributed by atoms with van der Waals surface area (Å²) in [6, 6.07) is 4.56. The highest BCUT2D eigenvalue weighted by molar-refractivity contribution is 8.01. The molecule has 0 aliphatic carbocycles. The van der Waals surface area contributed by atoms with Gasteiger partial charge in [0.05, 0.1) is 5.69 Å². The first kappa shape index (κ1) is 15.4. The maximum atomic E-state index is 4.58.